The van der Waals surface area contributed by atoms with Crippen molar-refractivity contribution in [3.05, 3.63) is 0 Å². The van der Waals surface area contributed by atoms with Gasteiger partial charge in [0.05, 0.1) is 5.75 Å². The van der Waals surface area contributed by atoms with Crippen molar-refractivity contribution in [2.45, 2.75) is 31.7 Å². The molecule has 0 spiro atoms. The number of piperidine rings is 1. The first kappa shape index (κ1) is 18.2. The Bertz CT molecular complexity index is 571. The molecule has 2 saturated heterocycles. The van der Waals surface area contributed by atoms with E-state index in [1.807, 2.05) is 0 Å². The molecule has 23 heavy (non-hydrogen) atoms. The summed E-state index contributed by atoms with van der Waals surface area (Å²) < 4.78 is 24.7. The van der Waals surface area contributed by atoms with Gasteiger partial charge in [0.15, 0.2) is 0 Å². The molecule has 2 aliphatic rings. The lowest BCUT2D eigenvalue weighted by Crippen LogP contribution is -2.53. The van der Waals surface area contributed by atoms with Crippen LogP contribution in [0, 0.1) is 5.92 Å². The van der Waals surface area contributed by atoms with Crippen LogP contribution in [0.15, 0.2) is 0 Å². The summed E-state index contributed by atoms with van der Waals surface area (Å²) in [5.74, 6) is -0.214. The predicted molar refractivity (Wildman–Crippen MR) is 86.3 cm³/mol. The molecule has 8 nitrogen and oxygen atoms in total. The van der Waals surface area contributed by atoms with E-state index in [2.05, 4.69) is 10.6 Å². The Morgan fingerprint density at radius 2 is 1.87 bits per heavy atom. The van der Waals surface area contributed by atoms with Gasteiger partial charge in [-0.2, -0.15) is 0 Å². The van der Waals surface area contributed by atoms with Crippen LogP contribution in [-0.4, -0.2) is 74.6 Å². The van der Waals surface area contributed by atoms with Crippen molar-refractivity contribution in [1.29, 1.82) is 0 Å². The molecule has 0 saturated carbocycles. The molecular formula is C14H26N4O4S. The summed E-state index contributed by atoms with van der Waals surface area (Å²) in [6, 6.07) is -0.418. The molecule has 0 bridgehead atoms. The van der Waals surface area contributed by atoms with Gasteiger partial charge in [-0.25, -0.2) is 17.5 Å². The van der Waals surface area contributed by atoms with Gasteiger partial charge in [-0.05, 0) is 45.2 Å². The monoisotopic (exact) mass is 346 g/mol. The van der Waals surface area contributed by atoms with Crippen LogP contribution in [0.2, 0.25) is 0 Å². The van der Waals surface area contributed by atoms with Gasteiger partial charge in [0.2, 0.25) is 10.0 Å². The average molecular weight is 346 g/mol. The first-order valence-electron chi connectivity index (χ1n) is 7.93. The highest BCUT2D eigenvalue weighted by atomic mass is 32.2. The molecule has 0 radical (unpaired) electrons. The second kappa shape index (κ2) is 6.74. The van der Waals surface area contributed by atoms with E-state index in [0.29, 0.717) is 0 Å². The Hall–Kier alpha value is -1.19. The van der Waals surface area contributed by atoms with E-state index >= 15 is 0 Å². The third kappa shape index (κ3) is 3.67. The molecule has 132 valence electrons. The number of nitrogens with zero attached hydrogens (tertiary/aromatic N) is 2. The van der Waals surface area contributed by atoms with Gasteiger partial charge in [0.1, 0.15) is 5.54 Å². The van der Waals surface area contributed by atoms with Crippen LogP contribution < -0.4 is 10.6 Å². The molecule has 2 aliphatic heterocycles. The molecule has 2 N–H and O–H groups in total. The SMILES string of the molecule is CN(C)S(=O)(=O)CCCN1C(=O)NC(C)(C2CCNCC2)C1=O. The predicted octanol–water partition coefficient (Wildman–Crippen LogP) is -0.422. The topological polar surface area (TPSA) is 98.8 Å². The average Bonchev–Trinajstić information content (AvgIpc) is 2.72. The third-order valence-electron chi connectivity index (χ3n) is 4.80. The van der Waals surface area contributed by atoms with Crippen LogP contribution in [0.25, 0.3) is 0 Å². The van der Waals surface area contributed by atoms with E-state index in [0.717, 1.165) is 35.1 Å². The number of nitrogens with one attached hydrogen (secondary N) is 2. The summed E-state index contributed by atoms with van der Waals surface area (Å²) in [6.07, 6.45) is 1.92. The normalized spacial score (nSPS) is 26.9. The first-order valence-corrected chi connectivity index (χ1v) is 9.54. The van der Waals surface area contributed by atoms with Gasteiger partial charge in [0, 0.05) is 20.6 Å². The van der Waals surface area contributed by atoms with Gasteiger partial charge in [-0.15, -0.1) is 0 Å². The van der Waals surface area contributed by atoms with Crippen molar-refractivity contribution in [3.8, 4) is 0 Å². The molecule has 9 heteroatoms. The van der Waals surface area contributed by atoms with E-state index < -0.39 is 21.6 Å². The second-order valence-corrected chi connectivity index (χ2v) is 8.87. The number of rotatable bonds is 6. The van der Waals surface area contributed by atoms with Crippen molar-refractivity contribution in [3.63, 3.8) is 0 Å². The van der Waals surface area contributed by atoms with Crippen molar-refractivity contribution < 1.29 is 18.0 Å². The second-order valence-electron chi connectivity index (χ2n) is 6.57. The maximum Gasteiger partial charge on any atom is 0.325 e. The van der Waals surface area contributed by atoms with E-state index in [1.165, 1.54) is 14.1 Å². The number of sulfonamides is 1. The maximum atomic E-state index is 12.7. The van der Waals surface area contributed by atoms with Crippen LogP contribution in [-0.2, 0) is 14.8 Å². The fourth-order valence-electron chi connectivity index (χ4n) is 3.18. The highest BCUT2D eigenvalue weighted by molar-refractivity contribution is 7.89. The number of amides is 3. The zero-order valence-electron chi connectivity index (χ0n) is 14.0. The molecule has 0 aromatic rings. The van der Waals surface area contributed by atoms with Crippen LogP contribution >= 0.6 is 0 Å². The Kier molecular flexibility index (Phi) is 5.32. The molecular weight excluding hydrogens is 320 g/mol. The van der Waals surface area contributed by atoms with Crippen LogP contribution in [0.5, 0.6) is 0 Å². The van der Waals surface area contributed by atoms with Crippen LogP contribution in [0.1, 0.15) is 26.2 Å². The number of hydrogen-bond acceptors (Lipinski definition) is 5. The molecule has 0 aromatic carbocycles. The number of hydrogen-bond donors (Lipinski definition) is 2. The van der Waals surface area contributed by atoms with Gasteiger partial charge in [-0.3, -0.25) is 9.69 Å². The fourth-order valence-corrected chi connectivity index (χ4v) is 4.04. The molecule has 2 fully saturated rings. The van der Waals surface area contributed by atoms with Crippen molar-refractivity contribution in [2.75, 3.05) is 39.5 Å². The molecule has 2 heterocycles. The summed E-state index contributed by atoms with van der Waals surface area (Å²) >= 11 is 0. The van der Waals surface area contributed by atoms with Crippen molar-refractivity contribution in [1.82, 2.24) is 19.8 Å². The van der Waals surface area contributed by atoms with Crippen LogP contribution in [0.3, 0.4) is 0 Å². The summed E-state index contributed by atoms with van der Waals surface area (Å²) in [6.45, 7) is 3.58. The summed E-state index contributed by atoms with van der Waals surface area (Å²) in [7, 11) is -0.380. The molecule has 0 aliphatic carbocycles. The molecule has 0 aromatic heterocycles. The number of urea groups is 1. The highest BCUT2D eigenvalue weighted by Gasteiger charge is 2.52. The summed E-state index contributed by atoms with van der Waals surface area (Å²) in [5, 5.41) is 6.07. The molecule has 3 amide bonds. The highest BCUT2D eigenvalue weighted by Crippen LogP contribution is 2.31. The Morgan fingerprint density at radius 1 is 1.26 bits per heavy atom. The zero-order chi connectivity index (χ0) is 17.3. The Morgan fingerprint density at radius 3 is 2.43 bits per heavy atom. The fraction of sp³-hybridized carbons (Fsp3) is 0.857. The standard InChI is InChI=1S/C14H26N4O4S/c1-14(11-5-7-15-8-6-11)12(19)18(13(20)16-14)9-4-10-23(21,22)17(2)3/h11,15H,4-10H2,1-3H3,(H,16,20). The van der Waals surface area contributed by atoms with E-state index in [-0.39, 0.29) is 30.5 Å². The van der Waals surface area contributed by atoms with E-state index in [4.69, 9.17) is 0 Å². The minimum Gasteiger partial charge on any atom is -0.323 e. The lowest BCUT2D eigenvalue weighted by atomic mass is 9.79. The lowest BCUT2D eigenvalue weighted by Gasteiger charge is -2.34. The van der Waals surface area contributed by atoms with Crippen LogP contribution in [0.4, 0.5) is 4.79 Å². The van der Waals surface area contributed by atoms with E-state index in [9.17, 15) is 18.0 Å². The van der Waals surface area contributed by atoms with Gasteiger partial charge in [-0.1, -0.05) is 0 Å². The Labute approximate surface area is 137 Å². The molecule has 1 atom stereocenters. The number of imide groups is 1. The lowest BCUT2D eigenvalue weighted by molar-refractivity contribution is -0.132. The van der Waals surface area contributed by atoms with Crippen molar-refractivity contribution >= 4 is 22.0 Å². The number of carbonyl (C=O) groups is 2. The van der Waals surface area contributed by atoms with E-state index in [1.54, 1.807) is 6.92 Å². The molecule has 2 rings (SSSR count). The van der Waals surface area contributed by atoms with Gasteiger partial charge in [0.25, 0.3) is 5.91 Å². The summed E-state index contributed by atoms with van der Waals surface area (Å²) in [5.41, 5.74) is -0.875. The zero-order valence-corrected chi connectivity index (χ0v) is 14.8. The largest absolute Gasteiger partial charge is 0.325 e. The Balaban J connectivity index is 1.98. The number of carbonyl (C=O) groups excluding carboxylic acids is 2. The minimum absolute atomic E-state index is 0.0822. The first-order chi connectivity index (χ1) is 10.7. The quantitative estimate of drug-likeness (QED) is 0.637. The molecule has 1 unspecified atom stereocenters. The van der Waals surface area contributed by atoms with Gasteiger partial charge >= 0.3 is 6.03 Å². The van der Waals surface area contributed by atoms with Crippen molar-refractivity contribution in [2.24, 2.45) is 5.92 Å². The summed E-state index contributed by atoms with van der Waals surface area (Å²) in [4.78, 5) is 26.0. The minimum atomic E-state index is -3.32. The smallest absolute Gasteiger partial charge is 0.323 e. The third-order valence-corrected chi connectivity index (χ3v) is 6.71. The van der Waals surface area contributed by atoms with Gasteiger partial charge < -0.3 is 10.6 Å². The maximum absolute atomic E-state index is 12.7.